The summed E-state index contributed by atoms with van der Waals surface area (Å²) in [6, 6.07) is 13.3. The molecule has 2 aromatic heterocycles. The molecule has 0 radical (unpaired) electrons. The lowest BCUT2D eigenvalue weighted by Crippen LogP contribution is -2.36. The number of urea groups is 1. The van der Waals surface area contributed by atoms with Crippen LogP contribution in [0.2, 0.25) is 0 Å². The predicted octanol–water partition coefficient (Wildman–Crippen LogP) is 3.80. The molecular formula is C27H34N6O4. The molecule has 1 aliphatic rings. The van der Waals surface area contributed by atoms with Crippen molar-refractivity contribution >= 4 is 12.0 Å². The van der Waals surface area contributed by atoms with Gasteiger partial charge in [-0.15, -0.1) is 5.10 Å². The Morgan fingerprint density at radius 1 is 1.19 bits per heavy atom. The summed E-state index contributed by atoms with van der Waals surface area (Å²) in [5.41, 5.74) is 3.80. The maximum Gasteiger partial charge on any atom is 0.317 e. The first-order valence-electron chi connectivity index (χ1n) is 12.7. The summed E-state index contributed by atoms with van der Waals surface area (Å²) in [5, 5.41) is 20.8. The molecule has 10 heteroatoms. The van der Waals surface area contributed by atoms with Crippen LogP contribution < -0.4 is 10.1 Å². The molecule has 0 unspecified atom stereocenters. The molecule has 2 atom stereocenters. The SMILES string of the molecule is CCc1nc(-c2nnn(C)c2CNC(=O)N(C)Cc2ccccc2)ccc1O[C@H]1CCC[C@H](C(=O)O)C1. The van der Waals surface area contributed by atoms with Gasteiger partial charge in [-0.05, 0) is 49.8 Å². The number of carboxylic acid groups (broad SMARTS) is 1. The Morgan fingerprint density at radius 3 is 2.70 bits per heavy atom. The van der Waals surface area contributed by atoms with Gasteiger partial charge in [0.15, 0.2) is 0 Å². The number of hydrogen-bond donors (Lipinski definition) is 2. The minimum atomic E-state index is -0.758. The zero-order valence-electron chi connectivity index (χ0n) is 21.6. The third-order valence-corrected chi connectivity index (χ3v) is 6.74. The highest BCUT2D eigenvalue weighted by Crippen LogP contribution is 2.31. The standard InChI is InChI=1S/C27H34N6O4/c1-4-21-24(37-20-12-8-11-19(15-20)26(34)35)14-13-22(29-21)25-23(33(3)31-30-25)16-28-27(36)32(2)17-18-9-6-5-7-10-18/h5-7,9-10,13-14,19-20H,4,8,11-12,15-17H2,1-3H3,(H,28,36)(H,34,35)/t19-,20-/m0/s1. The van der Waals surface area contributed by atoms with Gasteiger partial charge in [0, 0.05) is 20.6 Å². The van der Waals surface area contributed by atoms with E-state index in [1.807, 2.05) is 49.4 Å². The summed E-state index contributed by atoms with van der Waals surface area (Å²) in [4.78, 5) is 30.5. The lowest BCUT2D eigenvalue weighted by Gasteiger charge is -2.28. The first-order chi connectivity index (χ1) is 17.9. The number of benzene rings is 1. The average Bonchev–Trinajstić information content (AvgIpc) is 3.28. The van der Waals surface area contributed by atoms with Crippen molar-refractivity contribution in [1.82, 2.24) is 30.2 Å². The van der Waals surface area contributed by atoms with E-state index in [2.05, 4.69) is 15.6 Å². The van der Waals surface area contributed by atoms with Crippen LogP contribution in [0.15, 0.2) is 42.5 Å². The number of pyridine rings is 1. The minimum Gasteiger partial charge on any atom is -0.488 e. The third-order valence-electron chi connectivity index (χ3n) is 6.74. The van der Waals surface area contributed by atoms with E-state index < -0.39 is 5.97 Å². The van der Waals surface area contributed by atoms with Crippen LogP contribution in [0, 0.1) is 5.92 Å². The quantitative estimate of drug-likeness (QED) is 0.452. The van der Waals surface area contributed by atoms with Crippen LogP contribution >= 0.6 is 0 Å². The Balaban J connectivity index is 1.44. The molecule has 1 saturated carbocycles. The lowest BCUT2D eigenvalue weighted by molar-refractivity contribution is -0.143. The number of carbonyl (C=O) groups excluding carboxylic acids is 1. The molecular weight excluding hydrogens is 472 g/mol. The van der Waals surface area contributed by atoms with E-state index in [0.717, 1.165) is 29.8 Å². The number of rotatable bonds is 9. The zero-order valence-corrected chi connectivity index (χ0v) is 21.6. The van der Waals surface area contributed by atoms with Gasteiger partial charge in [0.25, 0.3) is 0 Å². The van der Waals surface area contributed by atoms with Gasteiger partial charge in [0.05, 0.1) is 35.6 Å². The maximum atomic E-state index is 12.7. The summed E-state index contributed by atoms with van der Waals surface area (Å²) < 4.78 is 7.85. The second-order valence-corrected chi connectivity index (χ2v) is 9.45. The van der Waals surface area contributed by atoms with Gasteiger partial charge >= 0.3 is 12.0 Å². The van der Waals surface area contributed by atoms with E-state index >= 15 is 0 Å². The largest absolute Gasteiger partial charge is 0.488 e. The Hall–Kier alpha value is -3.95. The average molecular weight is 507 g/mol. The Bertz CT molecular complexity index is 1230. The van der Waals surface area contributed by atoms with E-state index in [0.29, 0.717) is 42.9 Å². The molecule has 37 heavy (non-hydrogen) atoms. The fourth-order valence-electron chi connectivity index (χ4n) is 4.63. The minimum absolute atomic E-state index is 0.136. The molecule has 2 N–H and O–H groups in total. The molecule has 4 rings (SSSR count). The topological polar surface area (TPSA) is 122 Å². The molecule has 2 heterocycles. The molecule has 0 saturated heterocycles. The number of aromatic nitrogens is 4. The number of amides is 2. The Labute approximate surface area is 216 Å². The van der Waals surface area contributed by atoms with E-state index in [-0.39, 0.29) is 24.6 Å². The van der Waals surface area contributed by atoms with Gasteiger partial charge in [0.2, 0.25) is 0 Å². The van der Waals surface area contributed by atoms with Gasteiger partial charge < -0.3 is 20.1 Å². The van der Waals surface area contributed by atoms with E-state index in [1.54, 1.807) is 23.7 Å². The number of aryl methyl sites for hydroxylation is 2. The van der Waals surface area contributed by atoms with Crippen molar-refractivity contribution in [2.75, 3.05) is 7.05 Å². The van der Waals surface area contributed by atoms with Crippen LogP contribution in [0.25, 0.3) is 11.4 Å². The number of nitrogens with one attached hydrogen (secondary N) is 1. The normalized spacial score (nSPS) is 17.3. The lowest BCUT2D eigenvalue weighted by atomic mass is 9.87. The molecule has 1 aromatic carbocycles. The Morgan fingerprint density at radius 2 is 1.97 bits per heavy atom. The zero-order chi connectivity index (χ0) is 26.4. The van der Waals surface area contributed by atoms with Crippen molar-refractivity contribution in [3.63, 3.8) is 0 Å². The second-order valence-electron chi connectivity index (χ2n) is 9.45. The number of carboxylic acids is 1. The first kappa shape index (κ1) is 26.1. The summed E-state index contributed by atoms with van der Waals surface area (Å²) >= 11 is 0. The molecule has 1 aliphatic carbocycles. The van der Waals surface area contributed by atoms with Crippen molar-refractivity contribution in [1.29, 1.82) is 0 Å². The van der Waals surface area contributed by atoms with Crippen LogP contribution in [0.4, 0.5) is 4.79 Å². The highest BCUT2D eigenvalue weighted by atomic mass is 16.5. The van der Waals surface area contributed by atoms with Crippen LogP contribution in [0.3, 0.4) is 0 Å². The molecule has 10 nitrogen and oxygen atoms in total. The maximum absolute atomic E-state index is 12.7. The van der Waals surface area contributed by atoms with Crippen LogP contribution in [0.5, 0.6) is 5.75 Å². The summed E-state index contributed by atoms with van der Waals surface area (Å²) in [6.45, 7) is 2.75. The first-order valence-corrected chi connectivity index (χ1v) is 12.7. The van der Waals surface area contributed by atoms with Crippen molar-refractivity contribution in [3.05, 3.63) is 59.4 Å². The van der Waals surface area contributed by atoms with E-state index in [4.69, 9.17) is 9.72 Å². The summed E-state index contributed by atoms with van der Waals surface area (Å²) in [6.07, 6.45) is 3.39. The summed E-state index contributed by atoms with van der Waals surface area (Å²) in [5.74, 6) is -0.449. The monoisotopic (exact) mass is 506 g/mol. The Kier molecular flexibility index (Phi) is 8.37. The smallest absolute Gasteiger partial charge is 0.317 e. The van der Waals surface area contributed by atoms with Gasteiger partial charge in [-0.2, -0.15) is 0 Å². The summed E-state index contributed by atoms with van der Waals surface area (Å²) in [7, 11) is 3.54. The fraction of sp³-hybridized carbons (Fsp3) is 0.444. The van der Waals surface area contributed by atoms with Gasteiger partial charge in [-0.1, -0.05) is 42.5 Å². The predicted molar refractivity (Wildman–Crippen MR) is 138 cm³/mol. The van der Waals surface area contributed by atoms with Crippen LogP contribution in [0.1, 0.15) is 49.6 Å². The molecule has 0 aliphatic heterocycles. The van der Waals surface area contributed by atoms with Gasteiger partial charge in [0.1, 0.15) is 11.4 Å². The van der Waals surface area contributed by atoms with Crippen LogP contribution in [-0.4, -0.2) is 55.1 Å². The number of aliphatic carboxylic acids is 1. The molecule has 196 valence electrons. The number of carbonyl (C=O) groups is 2. The highest BCUT2D eigenvalue weighted by Gasteiger charge is 2.29. The van der Waals surface area contributed by atoms with Crippen molar-refractivity contribution in [2.45, 2.75) is 58.2 Å². The number of nitrogens with zero attached hydrogens (tertiary/aromatic N) is 5. The number of hydrogen-bond acceptors (Lipinski definition) is 6. The fourth-order valence-corrected chi connectivity index (χ4v) is 4.63. The number of ether oxygens (including phenoxy) is 1. The van der Waals surface area contributed by atoms with Gasteiger partial charge in [-0.3, -0.25) is 4.79 Å². The third kappa shape index (κ3) is 6.44. The second kappa shape index (κ2) is 11.9. The molecule has 0 spiro atoms. The van der Waals surface area contributed by atoms with E-state index in [9.17, 15) is 14.7 Å². The van der Waals surface area contributed by atoms with Crippen molar-refractivity contribution in [2.24, 2.45) is 13.0 Å². The molecule has 2 amide bonds. The van der Waals surface area contributed by atoms with Crippen molar-refractivity contribution in [3.8, 4) is 17.1 Å². The van der Waals surface area contributed by atoms with Crippen molar-refractivity contribution < 1.29 is 19.4 Å². The highest BCUT2D eigenvalue weighted by molar-refractivity contribution is 5.74. The van der Waals surface area contributed by atoms with Crippen LogP contribution in [-0.2, 0) is 31.4 Å². The van der Waals surface area contributed by atoms with E-state index in [1.165, 1.54) is 0 Å². The molecule has 0 bridgehead atoms. The molecule has 1 fully saturated rings. The van der Waals surface area contributed by atoms with Gasteiger partial charge in [-0.25, -0.2) is 14.5 Å². The molecule has 3 aromatic rings.